The number of benzene rings is 2. The molecule has 104 valence electrons. The van der Waals surface area contributed by atoms with Gasteiger partial charge in [0.2, 0.25) is 0 Å². The van der Waals surface area contributed by atoms with Gasteiger partial charge in [-0.25, -0.2) is 4.79 Å². The lowest BCUT2D eigenvalue weighted by atomic mass is 10.2. The van der Waals surface area contributed by atoms with Crippen LogP contribution in [0.25, 0.3) is 0 Å². The molecule has 0 bridgehead atoms. The molecule has 0 radical (unpaired) electrons. The second kappa shape index (κ2) is 5.97. The number of ether oxygens (including phenoxy) is 1. The Balaban J connectivity index is 2.03. The van der Waals surface area contributed by atoms with Crippen LogP contribution in [-0.4, -0.2) is 23.4 Å². The predicted molar refractivity (Wildman–Crippen MR) is 74.8 cm³/mol. The summed E-state index contributed by atoms with van der Waals surface area (Å²) in [5.74, 6) is -0.150. The molecule has 0 aliphatic rings. The van der Waals surface area contributed by atoms with E-state index in [9.17, 15) is 15.0 Å². The first-order valence-electron chi connectivity index (χ1n) is 6.04. The minimum absolute atomic E-state index is 0.0412. The molecular weight excluding hydrogens is 258 g/mol. The zero-order chi connectivity index (χ0) is 14.5. The molecule has 5 heteroatoms. The zero-order valence-electron chi connectivity index (χ0n) is 11.0. The first-order valence-corrected chi connectivity index (χ1v) is 6.04. The van der Waals surface area contributed by atoms with Crippen LogP contribution in [-0.2, 0) is 11.3 Å². The van der Waals surface area contributed by atoms with Crippen molar-refractivity contribution < 1.29 is 19.7 Å². The van der Waals surface area contributed by atoms with Crippen molar-refractivity contribution in [1.29, 1.82) is 0 Å². The molecular formula is C15H15NO4. The van der Waals surface area contributed by atoms with Gasteiger partial charge >= 0.3 is 6.09 Å². The van der Waals surface area contributed by atoms with Crippen LogP contribution in [0.15, 0.2) is 48.5 Å². The van der Waals surface area contributed by atoms with E-state index in [-0.39, 0.29) is 23.8 Å². The number of carbonyl (C=O) groups excluding carboxylic acids is 1. The molecule has 0 heterocycles. The molecule has 0 unspecified atom stereocenters. The summed E-state index contributed by atoms with van der Waals surface area (Å²) in [4.78, 5) is 13.0. The maximum Gasteiger partial charge on any atom is 0.414 e. The third-order valence-corrected chi connectivity index (χ3v) is 2.80. The van der Waals surface area contributed by atoms with Gasteiger partial charge in [0.25, 0.3) is 0 Å². The van der Waals surface area contributed by atoms with Crippen molar-refractivity contribution >= 4 is 11.8 Å². The molecule has 2 N–H and O–H groups in total. The molecule has 0 spiro atoms. The Bertz CT molecular complexity index is 598. The van der Waals surface area contributed by atoms with Gasteiger partial charge in [0.05, 0.1) is 5.69 Å². The van der Waals surface area contributed by atoms with Crippen molar-refractivity contribution in [3.63, 3.8) is 0 Å². The first kappa shape index (κ1) is 13.7. The Hall–Kier alpha value is -2.69. The van der Waals surface area contributed by atoms with Crippen molar-refractivity contribution in [1.82, 2.24) is 0 Å². The highest BCUT2D eigenvalue weighted by molar-refractivity contribution is 5.89. The number of anilines is 1. The van der Waals surface area contributed by atoms with E-state index in [1.807, 2.05) is 30.3 Å². The molecule has 0 saturated carbocycles. The Morgan fingerprint density at radius 2 is 1.85 bits per heavy atom. The fourth-order valence-corrected chi connectivity index (χ4v) is 1.69. The van der Waals surface area contributed by atoms with Crippen LogP contribution in [0.5, 0.6) is 11.5 Å². The van der Waals surface area contributed by atoms with Gasteiger partial charge in [0.15, 0.2) is 0 Å². The number of carbonyl (C=O) groups is 1. The summed E-state index contributed by atoms with van der Waals surface area (Å²) in [6, 6.07) is 13.2. The second-order valence-corrected chi connectivity index (χ2v) is 4.27. The molecule has 5 nitrogen and oxygen atoms in total. The second-order valence-electron chi connectivity index (χ2n) is 4.27. The number of rotatable bonds is 3. The van der Waals surface area contributed by atoms with E-state index < -0.39 is 6.09 Å². The summed E-state index contributed by atoms with van der Waals surface area (Å²) in [7, 11) is 1.46. The van der Waals surface area contributed by atoms with Crippen molar-refractivity contribution in [3.8, 4) is 11.5 Å². The van der Waals surface area contributed by atoms with E-state index in [0.29, 0.717) is 0 Å². The number of nitrogens with zero attached hydrogens (tertiary/aromatic N) is 1. The van der Waals surface area contributed by atoms with Crippen molar-refractivity contribution in [2.45, 2.75) is 6.61 Å². The molecule has 1 amide bonds. The van der Waals surface area contributed by atoms with Gasteiger partial charge in [-0.3, -0.25) is 4.90 Å². The van der Waals surface area contributed by atoms with Crippen molar-refractivity contribution in [3.05, 3.63) is 54.1 Å². The highest BCUT2D eigenvalue weighted by Crippen LogP contribution is 2.30. The molecule has 2 aromatic carbocycles. The average molecular weight is 273 g/mol. The van der Waals surface area contributed by atoms with Gasteiger partial charge < -0.3 is 14.9 Å². The van der Waals surface area contributed by atoms with Gasteiger partial charge in [-0.2, -0.15) is 0 Å². The Labute approximate surface area is 116 Å². The fourth-order valence-electron chi connectivity index (χ4n) is 1.69. The molecule has 2 aromatic rings. The lowest BCUT2D eigenvalue weighted by Gasteiger charge is -2.18. The van der Waals surface area contributed by atoms with Crippen LogP contribution in [0.4, 0.5) is 10.5 Å². The predicted octanol–water partition coefficient (Wildman–Crippen LogP) is 2.87. The molecule has 0 aliphatic heterocycles. The largest absolute Gasteiger partial charge is 0.508 e. The third-order valence-electron chi connectivity index (χ3n) is 2.80. The molecule has 2 rings (SSSR count). The minimum Gasteiger partial charge on any atom is -0.508 e. The van der Waals surface area contributed by atoms with Crippen LogP contribution in [0.2, 0.25) is 0 Å². The quantitative estimate of drug-likeness (QED) is 0.844. The molecule has 0 fully saturated rings. The van der Waals surface area contributed by atoms with Crippen molar-refractivity contribution in [2.75, 3.05) is 11.9 Å². The minimum atomic E-state index is -0.616. The summed E-state index contributed by atoms with van der Waals surface area (Å²) in [6.07, 6.45) is -0.616. The Kier molecular flexibility index (Phi) is 4.10. The monoisotopic (exact) mass is 273 g/mol. The molecule has 0 aromatic heterocycles. The van der Waals surface area contributed by atoms with E-state index in [1.165, 1.54) is 25.2 Å². The molecule has 0 atom stereocenters. The first-order chi connectivity index (χ1) is 9.58. The standard InChI is InChI=1S/C15H15NO4/c1-16(13-9-12(17)7-8-14(13)18)15(19)20-10-11-5-3-2-4-6-11/h2-9,17-18H,10H2,1H3. The van der Waals surface area contributed by atoms with E-state index in [1.54, 1.807) is 0 Å². The normalized spacial score (nSPS) is 10.1. The number of phenolic OH excluding ortho intramolecular Hbond substituents is 2. The third kappa shape index (κ3) is 3.20. The summed E-state index contributed by atoms with van der Waals surface area (Å²) in [5.41, 5.74) is 1.05. The number of hydrogen-bond acceptors (Lipinski definition) is 4. The van der Waals surface area contributed by atoms with Crippen LogP contribution < -0.4 is 4.90 Å². The number of aromatic hydroxyl groups is 2. The van der Waals surface area contributed by atoms with E-state index in [0.717, 1.165) is 10.5 Å². The average Bonchev–Trinajstić information content (AvgIpc) is 2.47. The molecule has 0 saturated heterocycles. The van der Waals surface area contributed by atoms with Crippen LogP contribution in [0.3, 0.4) is 0 Å². The number of amides is 1. The molecule has 0 aliphatic carbocycles. The van der Waals surface area contributed by atoms with Crippen LogP contribution in [0, 0.1) is 0 Å². The lowest BCUT2D eigenvalue weighted by molar-refractivity contribution is 0.148. The zero-order valence-corrected chi connectivity index (χ0v) is 11.0. The highest BCUT2D eigenvalue weighted by atomic mass is 16.6. The number of hydrogen-bond donors (Lipinski definition) is 2. The Morgan fingerprint density at radius 1 is 1.15 bits per heavy atom. The van der Waals surface area contributed by atoms with E-state index >= 15 is 0 Å². The van der Waals surface area contributed by atoms with Crippen molar-refractivity contribution in [2.24, 2.45) is 0 Å². The lowest BCUT2D eigenvalue weighted by Crippen LogP contribution is -2.26. The smallest absolute Gasteiger partial charge is 0.414 e. The maximum atomic E-state index is 11.9. The van der Waals surface area contributed by atoms with Crippen LogP contribution in [0.1, 0.15) is 5.56 Å². The van der Waals surface area contributed by atoms with E-state index in [2.05, 4.69) is 0 Å². The van der Waals surface area contributed by atoms with Gasteiger partial charge in [-0.05, 0) is 17.7 Å². The highest BCUT2D eigenvalue weighted by Gasteiger charge is 2.16. The van der Waals surface area contributed by atoms with Gasteiger partial charge in [0, 0.05) is 13.1 Å². The van der Waals surface area contributed by atoms with E-state index in [4.69, 9.17) is 4.74 Å². The van der Waals surface area contributed by atoms with Gasteiger partial charge in [0.1, 0.15) is 18.1 Å². The SMILES string of the molecule is CN(C(=O)OCc1ccccc1)c1cc(O)ccc1O. The maximum absolute atomic E-state index is 11.9. The summed E-state index contributed by atoms with van der Waals surface area (Å²) >= 11 is 0. The summed E-state index contributed by atoms with van der Waals surface area (Å²) in [6.45, 7) is 0.142. The fraction of sp³-hybridized carbons (Fsp3) is 0.133. The van der Waals surface area contributed by atoms with Crippen LogP contribution >= 0.6 is 0 Å². The summed E-state index contributed by atoms with van der Waals surface area (Å²) < 4.78 is 5.13. The Morgan fingerprint density at radius 3 is 2.55 bits per heavy atom. The number of phenols is 2. The molecule has 20 heavy (non-hydrogen) atoms. The van der Waals surface area contributed by atoms with Gasteiger partial charge in [-0.1, -0.05) is 30.3 Å². The van der Waals surface area contributed by atoms with Gasteiger partial charge in [-0.15, -0.1) is 0 Å². The summed E-state index contributed by atoms with van der Waals surface area (Å²) in [5, 5.41) is 19.1. The topological polar surface area (TPSA) is 70.0 Å².